The summed E-state index contributed by atoms with van der Waals surface area (Å²) in [5.74, 6) is -1.06. The van der Waals surface area contributed by atoms with Gasteiger partial charge in [-0.15, -0.1) is 0 Å². The molecule has 3 atom stereocenters. The van der Waals surface area contributed by atoms with E-state index in [0.717, 1.165) is 32.5 Å². The number of hydrogen-bond acceptors (Lipinski definition) is 3. The van der Waals surface area contributed by atoms with Crippen LogP contribution in [0.25, 0.3) is 0 Å². The number of rotatable bonds is 6. The highest BCUT2D eigenvalue weighted by Gasteiger charge is 2.27. The second kappa shape index (κ2) is 8.09. The van der Waals surface area contributed by atoms with Gasteiger partial charge in [-0.2, -0.15) is 0 Å². The number of likely N-dealkylation sites (N-methyl/N-ethyl adjacent to an activating group) is 1. The molecule has 1 fully saturated rings. The summed E-state index contributed by atoms with van der Waals surface area (Å²) in [4.78, 5) is 25.4. The molecule has 1 aliphatic rings. The van der Waals surface area contributed by atoms with Crippen molar-refractivity contribution in [3.63, 3.8) is 0 Å². The summed E-state index contributed by atoms with van der Waals surface area (Å²) in [7, 11) is 0. The highest BCUT2D eigenvalue weighted by molar-refractivity contribution is 5.82. The van der Waals surface area contributed by atoms with Crippen LogP contribution in [0.4, 0.5) is 4.79 Å². The highest BCUT2D eigenvalue weighted by atomic mass is 16.4. The van der Waals surface area contributed by atoms with Gasteiger partial charge in [-0.1, -0.05) is 27.2 Å². The van der Waals surface area contributed by atoms with Crippen LogP contribution in [-0.2, 0) is 4.79 Å². The second-order valence-corrected chi connectivity index (χ2v) is 5.55. The molecule has 0 bridgehead atoms. The number of carboxylic acid groups (broad SMARTS) is 1. The van der Waals surface area contributed by atoms with E-state index in [2.05, 4.69) is 22.5 Å². The van der Waals surface area contributed by atoms with Crippen LogP contribution in [0, 0.1) is 5.92 Å². The van der Waals surface area contributed by atoms with E-state index in [0.29, 0.717) is 6.42 Å². The van der Waals surface area contributed by atoms with Crippen molar-refractivity contribution in [1.82, 2.24) is 15.5 Å². The summed E-state index contributed by atoms with van der Waals surface area (Å²) in [6.07, 6.45) is 2.72. The number of urea groups is 1. The molecular formula is C14H27N3O3. The van der Waals surface area contributed by atoms with Crippen LogP contribution in [0.5, 0.6) is 0 Å². The molecule has 0 aromatic carbocycles. The van der Waals surface area contributed by atoms with Gasteiger partial charge in [0.25, 0.3) is 0 Å². The van der Waals surface area contributed by atoms with E-state index < -0.39 is 12.0 Å². The van der Waals surface area contributed by atoms with Crippen LogP contribution in [-0.4, -0.2) is 53.7 Å². The SMILES string of the molecule is CC[C@H](C)[C@H](NC(=O)NC1CCCN(CC)C1)C(=O)O. The lowest BCUT2D eigenvalue weighted by Crippen LogP contribution is -2.54. The van der Waals surface area contributed by atoms with Crippen molar-refractivity contribution in [3.8, 4) is 0 Å². The summed E-state index contributed by atoms with van der Waals surface area (Å²) in [5.41, 5.74) is 0. The smallest absolute Gasteiger partial charge is 0.326 e. The molecule has 3 N–H and O–H groups in total. The van der Waals surface area contributed by atoms with Crippen molar-refractivity contribution in [2.75, 3.05) is 19.6 Å². The maximum atomic E-state index is 11.9. The quantitative estimate of drug-likeness (QED) is 0.686. The lowest BCUT2D eigenvalue weighted by molar-refractivity contribution is -0.140. The zero-order valence-electron chi connectivity index (χ0n) is 12.7. The number of piperidine rings is 1. The monoisotopic (exact) mass is 285 g/mol. The summed E-state index contributed by atoms with van der Waals surface area (Å²) < 4.78 is 0. The number of carbonyl (C=O) groups is 2. The molecule has 1 rings (SSSR count). The first-order valence-electron chi connectivity index (χ1n) is 7.50. The maximum absolute atomic E-state index is 11.9. The van der Waals surface area contributed by atoms with Crippen LogP contribution < -0.4 is 10.6 Å². The molecular weight excluding hydrogens is 258 g/mol. The Labute approximate surface area is 120 Å². The van der Waals surface area contributed by atoms with Gasteiger partial charge in [0, 0.05) is 12.6 Å². The number of nitrogens with zero attached hydrogens (tertiary/aromatic N) is 1. The predicted octanol–water partition coefficient (Wildman–Crippen LogP) is 1.27. The van der Waals surface area contributed by atoms with Crippen molar-refractivity contribution in [1.29, 1.82) is 0 Å². The third kappa shape index (κ3) is 5.00. The van der Waals surface area contributed by atoms with Crippen molar-refractivity contribution in [2.45, 2.75) is 52.1 Å². The molecule has 0 aromatic heterocycles. The number of carboxylic acids is 1. The van der Waals surface area contributed by atoms with Crippen molar-refractivity contribution in [3.05, 3.63) is 0 Å². The molecule has 1 unspecified atom stereocenters. The average molecular weight is 285 g/mol. The number of likely N-dealkylation sites (tertiary alicyclic amines) is 1. The minimum absolute atomic E-state index is 0.0863. The fourth-order valence-electron chi connectivity index (χ4n) is 2.51. The number of amides is 2. The van der Waals surface area contributed by atoms with Gasteiger partial charge >= 0.3 is 12.0 Å². The first-order valence-corrected chi connectivity index (χ1v) is 7.50. The van der Waals surface area contributed by atoms with Gasteiger partial charge in [-0.05, 0) is 31.8 Å². The minimum atomic E-state index is -0.978. The normalized spacial score (nSPS) is 22.9. The molecule has 1 aliphatic heterocycles. The second-order valence-electron chi connectivity index (χ2n) is 5.55. The fourth-order valence-corrected chi connectivity index (χ4v) is 2.51. The van der Waals surface area contributed by atoms with Gasteiger partial charge in [-0.25, -0.2) is 9.59 Å². The van der Waals surface area contributed by atoms with Gasteiger partial charge in [0.1, 0.15) is 6.04 Å². The average Bonchev–Trinajstić information content (AvgIpc) is 2.43. The molecule has 0 radical (unpaired) electrons. The third-order valence-electron chi connectivity index (χ3n) is 4.05. The molecule has 116 valence electrons. The molecule has 0 spiro atoms. The third-order valence-corrected chi connectivity index (χ3v) is 4.05. The molecule has 0 aliphatic carbocycles. The van der Waals surface area contributed by atoms with Crippen LogP contribution in [0.15, 0.2) is 0 Å². The summed E-state index contributed by atoms with van der Waals surface area (Å²) in [5, 5.41) is 14.6. The summed E-state index contributed by atoms with van der Waals surface area (Å²) in [6, 6.07) is -1.10. The Morgan fingerprint density at radius 3 is 2.65 bits per heavy atom. The van der Waals surface area contributed by atoms with E-state index in [1.807, 2.05) is 13.8 Å². The molecule has 6 nitrogen and oxygen atoms in total. The standard InChI is InChI=1S/C14H27N3O3/c1-4-10(3)12(13(18)19)16-14(20)15-11-7-6-8-17(5-2)9-11/h10-12H,4-9H2,1-3H3,(H,18,19)(H2,15,16,20)/t10-,11?,12-/m0/s1. The number of nitrogens with one attached hydrogen (secondary N) is 2. The molecule has 0 saturated carbocycles. The maximum Gasteiger partial charge on any atom is 0.326 e. The Hall–Kier alpha value is -1.30. The van der Waals surface area contributed by atoms with E-state index in [1.54, 1.807) is 0 Å². The van der Waals surface area contributed by atoms with Gasteiger partial charge in [0.05, 0.1) is 0 Å². The summed E-state index contributed by atoms with van der Waals surface area (Å²) in [6.45, 7) is 8.74. The Kier molecular flexibility index (Phi) is 6.78. The number of hydrogen-bond donors (Lipinski definition) is 3. The van der Waals surface area contributed by atoms with Crippen LogP contribution in [0.3, 0.4) is 0 Å². The van der Waals surface area contributed by atoms with Crippen LogP contribution >= 0.6 is 0 Å². The summed E-state index contributed by atoms with van der Waals surface area (Å²) >= 11 is 0. The molecule has 2 amide bonds. The first-order chi connectivity index (χ1) is 9.47. The van der Waals surface area contributed by atoms with Crippen molar-refractivity contribution < 1.29 is 14.7 Å². The Morgan fingerprint density at radius 1 is 1.40 bits per heavy atom. The van der Waals surface area contributed by atoms with E-state index >= 15 is 0 Å². The van der Waals surface area contributed by atoms with Crippen molar-refractivity contribution >= 4 is 12.0 Å². The van der Waals surface area contributed by atoms with E-state index in [4.69, 9.17) is 5.11 Å². The van der Waals surface area contributed by atoms with Gasteiger partial charge < -0.3 is 20.6 Å². The zero-order chi connectivity index (χ0) is 15.1. The van der Waals surface area contributed by atoms with Gasteiger partial charge in [0.15, 0.2) is 0 Å². The number of carbonyl (C=O) groups excluding carboxylic acids is 1. The van der Waals surface area contributed by atoms with Crippen molar-refractivity contribution in [2.24, 2.45) is 5.92 Å². The van der Waals surface area contributed by atoms with Crippen LogP contribution in [0.1, 0.15) is 40.0 Å². The lowest BCUT2D eigenvalue weighted by atomic mass is 9.99. The molecule has 0 aromatic rings. The topological polar surface area (TPSA) is 81.7 Å². The molecule has 6 heteroatoms. The zero-order valence-corrected chi connectivity index (χ0v) is 12.7. The number of aliphatic carboxylic acids is 1. The van der Waals surface area contributed by atoms with Crippen LogP contribution in [0.2, 0.25) is 0 Å². The van der Waals surface area contributed by atoms with E-state index in [9.17, 15) is 9.59 Å². The Balaban J connectivity index is 2.47. The lowest BCUT2D eigenvalue weighted by Gasteiger charge is -2.32. The Morgan fingerprint density at radius 2 is 2.10 bits per heavy atom. The van der Waals surface area contributed by atoms with Gasteiger partial charge in [0.2, 0.25) is 0 Å². The van der Waals surface area contributed by atoms with E-state index in [1.165, 1.54) is 0 Å². The van der Waals surface area contributed by atoms with E-state index in [-0.39, 0.29) is 18.0 Å². The Bertz CT molecular complexity index is 336. The van der Waals surface area contributed by atoms with Gasteiger partial charge in [-0.3, -0.25) is 0 Å². The highest BCUT2D eigenvalue weighted by Crippen LogP contribution is 2.10. The molecule has 20 heavy (non-hydrogen) atoms. The first kappa shape index (κ1) is 16.8. The molecule has 1 saturated heterocycles. The minimum Gasteiger partial charge on any atom is -0.480 e. The fraction of sp³-hybridized carbons (Fsp3) is 0.857. The predicted molar refractivity (Wildman–Crippen MR) is 77.7 cm³/mol. The molecule has 1 heterocycles. The largest absolute Gasteiger partial charge is 0.480 e.